The van der Waals surface area contributed by atoms with Crippen LogP contribution >= 0.6 is 0 Å². The number of benzene rings is 1. The number of hydrogen-bond acceptors (Lipinski definition) is 4. The Morgan fingerprint density at radius 2 is 1.76 bits per heavy atom. The SMILES string of the molecule is CC(C)(C)OC(=O)n1oc(=O)c2ccc(C(C)(C)C)cc21. The average molecular weight is 291 g/mol. The number of fused-ring (bicyclic) bond motifs is 1. The zero-order valence-corrected chi connectivity index (χ0v) is 13.3. The largest absolute Gasteiger partial charge is 0.448 e. The maximum atomic E-state index is 12.2. The Balaban J connectivity index is 2.59. The maximum absolute atomic E-state index is 12.2. The van der Waals surface area contributed by atoms with Crippen LogP contribution in [-0.2, 0) is 10.2 Å². The first-order valence-electron chi connectivity index (χ1n) is 6.89. The fourth-order valence-corrected chi connectivity index (χ4v) is 1.96. The van der Waals surface area contributed by atoms with Gasteiger partial charge in [-0.05, 0) is 43.9 Å². The van der Waals surface area contributed by atoms with Crippen LogP contribution in [0.2, 0.25) is 0 Å². The van der Waals surface area contributed by atoms with Crippen LogP contribution in [0.1, 0.15) is 47.1 Å². The second kappa shape index (κ2) is 4.76. The molecule has 0 aliphatic carbocycles. The first-order valence-corrected chi connectivity index (χ1v) is 6.89. The van der Waals surface area contributed by atoms with E-state index in [1.54, 1.807) is 32.9 Å². The van der Waals surface area contributed by atoms with Gasteiger partial charge >= 0.3 is 11.7 Å². The van der Waals surface area contributed by atoms with Gasteiger partial charge in [0.2, 0.25) is 0 Å². The van der Waals surface area contributed by atoms with Crippen molar-refractivity contribution >= 4 is 17.0 Å². The molecule has 0 fully saturated rings. The molecule has 0 amide bonds. The lowest BCUT2D eigenvalue weighted by molar-refractivity contribution is 0.0391. The van der Waals surface area contributed by atoms with Gasteiger partial charge in [-0.25, -0.2) is 9.59 Å². The summed E-state index contributed by atoms with van der Waals surface area (Å²) in [7, 11) is 0. The molecule has 0 bridgehead atoms. The van der Waals surface area contributed by atoms with Crippen LogP contribution < -0.4 is 5.63 Å². The molecule has 0 saturated carbocycles. The van der Waals surface area contributed by atoms with Gasteiger partial charge in [0.15, 0.2) is 0 Å². The highest BCUT2D eigenvalue weighted by Crippen LogP contribution is 2.25. The topological polar surface area (TPSA) is 61.4 Å². The van der Waals surface area contributed by atoms with E-state index < -0.39 is 17.3 Å². The van der Waals surface area contributed by atoms with E-state index in [1.165, 1.54) is 0 Å². The molecule has 0 radical (unpaired) electrons. The van der Waals surface area contributed by atoms with Crippen molar-refractivity contribution in [1.29, 1.82) is 0 Å². The zero-order valence-electron chi connectivity index (χ0n) is 13.3. The number of hydrogen-bond donors (Lipinski definition) is 0. The molecule has 5 heteroatoms. The highest BCUT2D eigenvalue weighted by atomic mass is 16.6. The molecule has 1 heterocycles. The number of ether oxygens (including phenoxy) is 1. The molecule has 21 heavy (non-hydrogen) atoms. The molecule has 0 aliphatic heterocycles. The molecular formula is C16H21NO4. The van der Waals surface area contributed by atoms with E-state index in [0.29, 0.717) is 10.9 Å². The smallest absolute Gasteiger partial charge is 0.441 e. The summed E-state index contributed by atoms with van der Waals surface area (Å²) in [5.41, 5.74) is 0.139. The second-order valence-electron chi connectivity index (χ2n) is 7.14. The van der Waals surface area contributed by atoms with E-state index >= 15 is 0 Å². The van der Waals surface area contributed by atoms with Crippen LogP contribution in [0.5, 0.6) is 0 Å². The minimum absolute atomic E-state index is 0.0970. The van der Waals surface area contributed by atoms with Gasteiger partial charge in [0, 0.05) is 0 Å². The van der Waals surface area contributed by atoms with Gasteiger partial charge in [0.05, 0.1) is 5.39 Å². The van der Waals surface area contributed by atoms with Gasteiger partial charge in [-0.1, -0.05) is 26.8 Å². The molecule has 1 aromatic heterocycles. The summed E-state index contributed by atoms with van der Waals surface area (Å²) in [6.45, 7) is 11.5. The number of rotatable bonds is 0. The lowest BCUT2D eigenvalue weighted by Gasteiger charge is -2.20. The lowest BCUT2D eigenvalue weighted by atomic mass is 9.87. The van der Waals surface area contributed by atoms with Crippen molar-refractivity contribution in [3.05, 3.63) is 34.2 Å². The van der Waals surface area contributed by atoms with Crippen molar-refractivity contribution in [2.24, 2.45) is 0 Å². The van der Waals surface area contributed by atoms with Crippen molar-refractivity contribution in [3.8, 4) is 0 Å². The molecule has 5 nitrogen and oxygen atoms in total. The van der Waals surface area contributed by atoms with Crippen LogP contribution in [0.3, 0.4) is 0 Å². The molecular weight excluding hydrogens is 270 g/mol. The van der Waals surface area contributed by atoms with Crippen LogP contribution in [0, 0.1) is 0 Å². The van der Waals surface area contributed by atoms with E-state index in [0.717, 1.165) is 10.3 Å². The third-order valence-corrected chi connectivity index (χ3v) is 3.04. The third kappa shape index (κ3) is 3.17. The van der Waals surface area contributed by atoms with Gasteiger partial charge in [-0.15, -0.1) is 4.74 Å². The molecule has 0 spiro atoms. The molecule has 114 valence electrons. The van der Waals surface area contributed by atoms with Crippen LogP contribution in [0.15, 0.2) is 27.5 Å². The number of aromatic nitrogens is 1. The van der Waals surface area contributed by atoms with Crippen LogP contribution in [0.25, 0.3) is 10.9 Å². The molecule has 0 saturated heterocycles. The van der Waals surface area contributed by atoms with Gasteiger partial charge in [-0.2, -0.15) is 0 Å². The van der Waals surface area contributed by atoms with Crippen LogP contribution in [0.4, 0.5) is 4.79 Å². The maximum Gasteiger partial charge on any atom is 0.448 e. The third-order valence-electron chi connectivity index (χ3n) is 3.04. The molecule has 0 unspecified atom stereocenters. The Labute approximate surface area is 123 Å². The Bertz CT molecular complexity index is 738. The predicted molar refractivity (Wildman–Crippen MR) is 80.8 cm³/mol. The quantitative estimate of drug-likeness (QED) is 0.743. The summed E-state index contributed by atoms with van der Waals surface area (Å²) < 4.78 is 11.2. The summed E-state index contributed by atoms with van der Waals surface area (Å²) >= 11 is 0. The van der Waals surface area contributed by atoms with E-state index in [-0.39, 0.29) is 5.41 Å². The van der Waals surface area contributed by atoms with Crippen molar-refractivity contribution in [2.75, 3.05) is 0 Å². The Kier molecular flexibility index (Phi) is 3.48. The first-order chi connectivity index (χ1) is 9.49. The van der Waals surface area contributed by atoms with Crippen molar-refractivity contribution in [3.63, 3.8) is 0 Å². The lowest BCUT2D eigenvalue weighted by Crippen LogP contribution is -2.27. The van der Waals surface area contributed by atoms with Crippen LogP contribution in [-0.4, -0.2) is 16.4 Å². The van der Waals surface area contributed by atoms with Crippen molar-refractivity contribution < 1.29 is 14.1 Å². The van der Waals surface area contributed by atoms with Crippen molar-refractivity contribution in [2.45, 2.75) is 52.6 Å². The summed E-state index contributed by atoms with van der Waals surface area (Å²) in [4.78, 5) is 24.0. The summed E-state index contributed by atoms with van der Waals surface area (Å²) in [6.07, 6.45) is -0.694. The standard InChI is InChI=1S/C16H21NO4/c1-15(2,3)10-7-8-11-12(9-10)17(21-13(11)18)14(19)20-16(4,5)6/h7-9H,1-6H3. The average Bonchev–Trinajstić information content (AvgIpc) is 2.63. The van der Waals surface area contributed by atoms with Gasteiger partial charge in [0.1, 0.15) is 11.1 Å². The number of carbonyl (C=O) groups is 1. The van der Waals surface area contributed by atoms with E-state index in [9.17, 15) is 9.59 Å². The van der Waals surface area contributed by atoms with E-state index in [2.05, 4.69) is 20.8 Å². The van der Waals surface area contributed by atoms with E-state index in [1.807, 2.05) is 6.07 Å². The zero-order chi connectivity index (χ0) is 16.0. The second-order valence-corrected chi connectivity index (χ2v) is 7.14. The molecule has 0 N–H and O–H groups in total. The Morgan fingerprint density at radius 1 is 1.14 bits per heavy atom. The normalized spacial score (nSPS) is 12.7. The van der Waals surface area contributed by atoms with E-state index in [4.69, 9.17) is 9.26 Å². The summed E-state index contributed by atoms with van der Waals surface area (Å²) in [6, 6.07) is 5.35. The molecule has 1 aromatic carbocycles. The minimum Gasteiger partial charge on any atom is -0.441 e. The highest BCUT2D eigenvalue weighted by molar-refractivity contribution is 5.87. The molecule has 2 aromatic rings. The van der Waals surface area contributed by atoms with Crippen molar-refractivity contribution in [1.82, 2.24) is 4.74 Å². The predicted octanol–water partition coefficient (Wildman–Crippen LogP) is 3.68. The Morgan fingerprint density at radius 3 is 2.29 bits per heavy atom. The monoisotopic (exact) mass is 291 g/mol. The van der Waals surface area contributed by atoms with Gasteiger partial charge in [-0.3, -0.25) is 0 Å². The fraction of sp³-hybridized carbons (Fsp3) is 0.500. The Hall–Kier alpha value is -2.04. The van der Waals surface area contributed by atoms with Gasteiger partial charge < -0.3 is 9.26 Å². The first kappa shape index (κ1) is 15.4. The highest BCUT2D eigenvalue weighted by Gasteiger charge is 2.24. The minimum atomic E-state index is -0.694. The van der Waals surface area contributed by atoms with Gasteiger partial charge in [0.25, 0.3) is 0 Å². The number of carbonyl (C=O) groups excluding carboxylic acids is 1. The summed E-state index contributed by atoms with van der Waals surface area (Å²) in [5.74, 6) is 0. The molecule has 0 aliphatic rings. The summed E-state index contributed by atoms with van der Waals surface area (Å²) in [5, 5.41) is 0.369. The molecule has 2 rings (SSSR count). The molecule has 0 atom stereocenters. The fourth-order valence-electron chi connectivity index (χ4n) is 1.96. The number of nitrogens with zero attached hydrogens (tertiary/aromatic N) is 1.